The third kappa shape index (κ3) is 5.36. The molecule has 0 saturated carbocycles. The van der Waals surface area contributed by atoms with Gasteiger partial charge in [0.15, 0.2) is 0 Å². The van der Waals surface area contributed by atoms with Crippen LogP contribution in [-0.2, 0) is 4.74 Å². The number of rotatable bonds is 6. The van der Waals surface area contributed by atoms with Crippen LogP contribution >= 0.6 is 0 Å². The fraction of sp³-hybridized carbons (Fsp3) is 1.00. The fourth-order valence-corrected chi connectivity index (χ4v) is 2.36. The smallest absolute Gasteiger partial charge is 0.0622 e. The van der Waals surface area contributed by atoms with Crippen molar-refractivity contribution in [3.63, 3.8) is 0 Å². The van der Waals surface area contributed by atoms with Crippen LogP contribution in [0.25, 0.3) is 0 Å². The molecule has 1 saturated heterocycles. The summed E-state index contributed by atoms with van der Waals surface area (Å²) in [7, 11) is 0. The van der Waals surface area contributed by atoms with Crippen molar-refractivity contribution in [2.24, 2.45) is 5.41 Å². The van der Waals surface area contributed by atoms with E-state index in [0.29, 0.717) is 17.5 Å². The van der Waals surface area contributed by atoms with Crippen molar-refractivity contribution in [3.05, 3.63) is 0 Å². The third-order valence-corrected chi connectivity index (χ3v) is 3.44. The Bertz CT molecular complexity index is 216. The number of nitrogens with zero attached hydrogens (tertiary/aromatic N) is 1. The molecule has 1 rings (SSSR count). The molecule has 1 atom stereocenters. The number of hydrogen-bond donors (Lipinski definition) is 1. The average molecular weight is 242 g/mol. The first-order chi connectivity index (χ1) is 7.94. The summed E-state index contributed by atoms with van der Waals surface area (Å²) < 4.78 is 5.56. The summed E-state index contributed by atoms with van der Waals surface area (Å²) >= 11 is 0. The van der Waals surface area contributed by atoms with Gasteiger partial charge in [-0.05, 0) is 11.8 Å². The van der Waals surface area contributed by atoms with Crippen LogP contribution in [0.4, 0.5) is 0 Å². The molecule has 0 radical (unpaired) electrons. The molecule has 1 unspecified atom stereocenters. The standard InChI is InChI=1S/C14H30N2O/c1-6-13-9-17-8-7-16(13)11-14(4,5)10-15-12(2)3/h12-13,15H,6-11H2,1-5H3. The first-order valence-corrected chi connectivity index (χ1v) is 7.00. The van der Waals surface area contributed by atoms with E-state index in [1.165, 1.54) is 6.42 Å². The number of morpholine rings is 1. The maximum absolute atomic E-state index is 5.56. The molecule has 0 aromatic heterocycles. The van der Waals surface area contributed by atoms with Gasteiger partial charge in [-0.2, -0.15) is 0 Å². The van der Waals surface area contributed by atoms with Gasteiger partial charge in [0.25, 0.3) is 0 Å². The SMILES string of the molecule is CCC1COCCN1CC(C)(C)CNC(C)C. The molecule has 0 spiro atoms. The van der Waals surface area contributed by atoms with E-state index >= 15 is 0 Å². The zero-order chi connectivity index (χ0) is 12.9. The summed E-state index contributed by atoms with van der Waals surface area (Å²) in [6, 6.07) is 1.18. The fourth-order valence-electron chi connectivity index (χ4n) is 2.36. The molecule has 1 fully saturated rings. The lowest BCUT2D eigenvalue weighted by molar-refractivity contribution is -0.0238. The van der Waals surface area contributed by atoms with Crippen molar-refractivity contribution in [1.29, 1.82) is 0 Å². The van der Waals surface area contributed by atoms with Crippen molar-refractivity contribution in [2.45, 2.75) is 53.1 Å². The van der Waals surface area contributed by atoms with Crippen LogP contribution in [0.2, 0.25) is 0 Å². The van der Waals surface area contributed by atoms with E-state index in [1.54, 1.807) is 0 Å². The number of nitrogens with one attached hydrogen (secondary N) is 1. The number of ether oxygens (including phenoxy) is 1. The molecule has 102 valence electrons. The highest BCUT2D eigenvalue weighted by atomic mass is 16.5. The molecule has 0 bridgehead atoms. The molecule has 0 aromatic carbocycles. The minimum absolute atomic E-state index is 0.328. The third-order valence-electron chi connectivity index (χ3n) is 3.44. The largest absolute Gasteiger partial charge is 0.378 e. The lowest BCUT2D eigenvalue weighted by atomic mass is 9.91. The van der Waals surface area contributed by atoms with Crippen LogP contribution in [0.5, 0.6) is 0 Å². The predicted molar refractivity (Wildman–Crippen MR) is 73.4 cm³/mol. The lowest BCUT2D eigenvalue weighted by Gasteiger charge is -2.40. The quantitative estimate of drug-likeness (QED) is 0.772. The van der Waals surface area contributed by atoms with Crippen molar-refractivity contribution in [3.8, 4) is 0 Å². The Morgan fingerprint density at radius 1 is 1.41 bits per heavy atom. The summed E-state index contributed by atoms with van der Waals surface area (Å²) in [5, 5.41) is 3.55. The Balaban J connectivity index is 2.43. The molecule has 1 aliphatic rings. The van der Waals surface area contributed by atoms with Gasteiger partial charge in [0.1, 0.15) is 0 Å². The van der Waals surface area contributed by atoms with Gasteiger partial charge in [0, 0.05) is 31.7 Å². The zero-order valence-electron chi connectivity index (χ0n) is 12.3. The second kappa shape index (κ2) is 6.72. The second-order valence-electron chi connectivity index (χ2n) is 6.31. The Morgan fingerprint density at radius 3 is 2.71 bits per heavy atom. The molecule has 1 N–H and O–H groups in total. The lowest BCUT2D eigenvalue weighted by Crippen LogP contribution is -2.51. The first kappa shape index (κ1) is 14.9. The van der Waals surface area contributed by atoms with Crippen LogP contribution in [0, 0.1) is 5.41 Å². The molecule has 17 heavy (non-hydrogen) atoms. The summed E-state index contributed by atoms with van der Waals surface area (Å²) in [6.07, 6.45) is 1.19. The zero-order valence-corrected chi connectivity index (χ0v) is 12.3. The number of hydrogen-bond acceptors (Lipinski definition) is 3. The van der Waals surface area contributed by atoms with Crippen LogP contribution in [0.1, 0.15) is 41.0 Å². The van der Waals surface area contributed by atoms with E-state index in [2.05, 4.69) is 44.8 Å². The highest BCUT2D eigenvalue weighted by Crippen LogP contribution is 2.20. The molecule has 1 aliphatic heterocycles. The van der Waals surface area contributed by atoms with Crippen molar-refractivity contribution < 1.29 is 4.74 Å². The Labute approximate surface area is 107 Å². The highest BCUT2D eigenvalue weighted by molar-refractivity contribution is 4.82. The molecule has 3 heteroatoms. The van der Waals surface area contributed by atoms with Gasteiger partial charge >= 0.3 is 0 Å². The maximum Gasteiger partial charge on any atom is 0.0622 e. The predicted octanol–water partition coefficient (Wildman–Crippen LogP) is 2.12. The Hall–Kier alpha value is -0.120. The summed E-state index contributed by atoms with van der Waals surface area (Å²) in [6.45, 7) is 16.5. The van der Waals surface area contributed by atoms with Gasteiger partial charge in [-0.25, -0.2) is 0 Å². The molecular weight excluding hydrogens is 212 g/mol. The van der Waals surface area contributed by atoms with Gasteiger partial charge in [-0.3, -0.25) is 4.90 Å². The monoisotopic (exact) mass is 242 g/mol. The van der Waals surface area contributed by atoms with Gasteiger partial charge in [-0.1, -0.05) is 34.6 Å². The maximum atomic E-state index is 5.56. The van der Waals surface area contributed by atoms with E-state index < -0.39 is 0 Å². The minimum Gasteiger partial charge on any atom is -0.378 e. The van der Waals surface area contributed by atoms with Crippen LogP contribution < -0.4 is 5.32 Å². The normalized spacial score (nSPS) is 23.3. The molecular formula is C14H30N2O. The second-order valence-corrected chi connectivity index (χ2v) is 6.31. The molecule has 0 aromatic rings. The topological polar surface area (TPSA) is 24.5 Å². The van der Waals surface area contributed by atoms with Gasteiger partial charge in [0.2, 0.25) is 0 Å². The Kier molecular flexibility index (Phi) is 5.90. The van der Waals surface area contributed by atoms with Crippen LogP contribution in [-0.4, -0.2) is 49.8 Å². The van der Waals surface area contributed by atoms with Gasteiger partial charge in [-0.15, -0.1) is 0 Å². The molecule has 1 heterocycles. The first-order valence-electron chi connectivity index (χ1n) is 7.00. The van der Waals surface area contributed by atoms with Gasteiger partial charge < -0.3 is 10.1 Å². The Morgan fingerprint density at radius 2 is 2.12 bits per heavy atom. The average Bonchev–Trinajstić information content (AvgIpc) is 2.27. The minimum atomic E-state index is 0.328. The summed E-state index contributed by atoms with van der Waals surface area (Å²) in [5.74, 6) is 0. The van der Waals surface area contributed by atoms with E-state index in [1.807, 2.05) is 0 Å². The summed E-state index contributed by atoms with van der Waals surface area (Å²) in [4.78, 5) is 2.60. The molecule has 3 nitrogen and oxygen atoms in total. The van der Waals surface area contributed by atoms with Crippen molar-refractivity contribution >= 4 is 0 Å². The van der Waals surface area contributed by atoms with E-state index in [4.69, 9.17) is 4.74 Å². The summed E-state index contributed by atoms with van der Waals surface area (Å²) in [5.41, 5.74) is 0.328. The van der Waals surface area contributed by atoms with Gasteiger partial charge in [0.05, 0.1) is 13.2 Å². The van der Waals surface area contributed by atoms with Crippen molar-refractivity contribution in [1.82, 2.24) is 10.2 Å². The van der Waals surface area contributed by atoms with Crippen LogP contribution in [0.3, 0.4) is 0 Å². The molecule has 0 aliphatic carbocycles. The van der Waals surface area contributed by atoms with E-state index in [0.717, 1.165) is 32.8 Å². The highest BCUT2D eigenvalue weighted by Gasteiger charge is 2.28. The van der Waals surface area contributed by atoms with Crippen LogP contribution in [0.15, 0.2) is 0 Å². The van der Waals surface area contributed by atoms with E-state index in [-0.39, 0.29) is 0 Å². The van der Waals surface area contributed by atoms with Crippen molar-refractivity contribution in [2.75, 3.05) is 32.8 Å². The molecule has 0 amide bonds. The van der Waals surface area contributed by atoms with E-state index in [9.17, 15) is 0 Å².